The summed E-state index contributed by atoms with van der Waals surface area (Å²) in [5.41, 5.74) is 3.74. The lowest BCUT2D eigenvalue weighted by Crippen LogP contribution is -2.34. The highest BCUT2D eigenvalue weighted by Gasteiger charge is 2.44. The van der Waals surface area contributed by atoms with Gasteiger partial charge in [0.2, 0.25) is 5.28 Å². The van der Waals surface area contributed by atoms with E-state index in [2.05, 4.69) is 22.6 Å². The smallest absolute Gasteiger partial charge is 0.340 e. The highest BCUT2D eigenvalue weighted by molar-refractivity contribution is 7.70. The van der Waals surface area contributed by atoms with E-state index in [-0.39, 0.29) is 10.9 Å². The quantitative estimate of drug-likeness (QED) is 0.164. The van der Waals surface area contributed by atoms with Gasteiger partial charge in [0.1, 0.15) is 30.2 Å². The molecule has 3 heterocycles. The first-order valence-corrected chi connectivity index (χ1v) is 15.5. The summed E-state index contributed by atoms with van der Waals surface area (Å²) < 4.78 is 33.3. The van der Waals surface area contributed by atoms with E-state index in [0.29, 0.717) is 23.6 Å². The van der Waals surface area contributed by atoms with Crippen molar-refractivity contribution in [2.45, 2.75) is 37.8 Å². The number of aromatic nitrogens is 2. The molecule has 1 unspecified atom stereocenters. The molecule has 12 nitrogen and oxygen atoms in total. The summed E-state index contributed by atoms with van der Waals surface area (Å²) in [7, 11) is -9.48. The Hall–Kier alpha value is -1.95. The molecular formula is C23H28ClN3O9P2. The van der Waals surface area contributed by atoms with Gasteiger partial charge < -0.3 is 39.1 Å². The van der Waals surface area contributed by atoms with Gasteiger partial charge in [-0.3, -0.25) is 9.13 Å². The Morgan fingerprint density at radius 2 is 1.95 bits per heavy atom. The maximum absolute atomic E-state index is 11.9. The first-order chi connectivity index (χ1) is 17.8. The van der Waals surface area contributed by atoms with Gasteiger partial charge in [0.25, 0.3) is 0 Å². The van der Waals surface area contributed by atoms with Gasteiger partial charge in [-0.1, -0.05) is 30.9 Å². The highest BCUT2D eigenvalue weighted by Crippen LogP contribution is 2.55. The lowest BCUT2D eigenvalue weighted by Gasteiger charge is -2.22. The van der Waals surface area contributed by atoms with Gasteiger partial charge in [-0.05, 0) is 48.2 Å². The molecule has 0 radical (unpaired) electrons. The summed E-state index contributed by atoms with van der Waals surface area (Å²) in [5.74, 6) is -0.782. The van der Waals surface area contributed by atoms with Crippen molar-refractivity contribution in [3.63, 3.8) is 0 Å². The number of aliphatic hydroxyl groups excluding tert-OH is 2. The van der Waals surface area contributed by atoms with E-state index >= 15 is 0 Å². The number of benzene rings is 1. The van der Waals surface area contributed by atoms with E-state index in [1.807, 2.05) is 23.1 Å². The Bertz CT molecular complexity index is 1350. The van der Waals surface area contributed by atoms with E-state index in [1.54, 1.807) is 19.1 Å². The average molecular weight is 588 g/mol. The maximum atomic E-state index is 11.9. The number of hydrogen-bond donors (Lipinski definition) is 5. The molecular weight excluding hydrogens is 560 g/mol. The fourth-order valence-corrected chi connectivity index (χ4v) is 7.21. The Balaban J connectivity index is 1.50. The normalized spacial score (nSPS) is 25.1. The van der Waals surface area contributed by atoms with Crippen LogP contribution in [0.4, 0.5) is 11.5 Å². The van der Waals surface area contributed by atoms with Crippen LogP contribution in [0.3, 0.4) is 0 Å². The molecule has 5 N–H and O–H groups in total. The predicted octanol–water partition coefficient (Wildman–Crippen LogP) is 2.53. The van der Waals surface area contributed by atoms with Crippen LogP contribution < -0.4 is 4.90 Å². The van der Waals surface area contributed by atoms with Crippen molar-refractivity contribution in [1.82, 2.24) is 9.97 Å². The number of hydrogen-bond acceptors (Lipinski definition) is 9. The standard InChI is InChI=1S/C23H28ClN3O9P2/c1-13(21-20(29)19(28)18(36-21)11-35-38(33,34)12-37(30,31)32)7-8-16-14(2)25-23(24)26-22(16)27-10-9-15-5-3-4-6-17(15)27/h3-8,18-21,28-29H,1,9-12H2,2H3,(H,33,34)(H2,30,31,32)/b8-7-/t18-,19-,20-,21+/m1/s1. The molecule has 206 valence electrons. The van der Waals surface area contributed by atoms with Crippen LogP contribution >= 0.6 is 26.8 Å². The Labute approximate surface area is 223 Å². The number of fused-ring (bicyclic) bond motifs is 1. The predicted molar refractivity (Wildman–Crippen MR) is 140 cm³/mol. The number of nitrogens with zero attached hydrogens (tertiary/aromatic N) is 3. The van der Waals surface area contributed by atoms with Gasteiger partial charge in [-0.25, -0.2) is 4.98 Å². The first kappa shape index (κ1) is 29.0. The van der Waals surface area contributed by atoms with Crippen molar-refractivity contribution in [3.05, 3.63) is 64.6 Å². The molecule has 1 fully saturated rings. The molecule has 0 saturated carbocycles. The van der Waals surface area contributed by atoms with Crippen molar-refractivity contribution >= 4 is 44.4 Å². The molecule has 0 spiro atoms. The van der Waals surface area contributed by atoms with E-state index in [0.717, 1.165) is 12.1 Å². The number of ether oxygens (including phenoxy) is 1. The molecule has 1 saturated heterocycles. The van der Waals surface area contributed by atoms with Gasteiger partial charge in [0, 0.05) is 17.8 Å². The van der Waals surface area contributed by atoms with Crippen LogP contribution in [-0.2, 0) is 24.8 Å². The third-order valence-corrected chi connectivity index (χ3v) is 9.85. The minimum atomic E-state index is -4.82. The average Bonchev–Trinajstić information content (AvgIpc) is 3.36. The van der Waals surface area contributed by atoms with E-state index in [9.17, 15) is 24.2 Å². The second kappa shape index (κ2) is 11.3. The minimum absolute atomic E-state index is 0.0956. The topological polar surface area (TPSA) is 183 Å². The van der Waals surface area contributed by atoms with Gasteiger partial charge in [0.15, 0.2) is 5.90 Å². The summed E-state index contributed by atoms with van der Waals surface area (Å²) >= 11 is 6.18. The molecule has 1 aromatic carbocycles. The van der Waals surface area contributed by atoms with Crippen molar-refractivity contribution in [2.75, 3.05) is 24.0 Å². The fourth-order valence-electron chi connectivity index (χ4n) is 4.43. The van der Waals surface area contributed by atoms with Crippen LogP contribution in [0.25, 0.3) is 6.08 Å². The lowest BCUT2D eigenvalue weighted by atomic mass is 10.0. The molecule has 5 atom stereocenters. The van der Waals surface area contributed by atoms with Gasteiger partial charge >= 0.3 is 15.2 Å². The molecule has 15 heteroatoms. The molecule has 4 rings (SSSR count). The zero-order valence-corrected chi connectivity index (χ0v) is 22.8. The van der Waals surface area contributed by atoms with Crippen molar-refractivity contribution in [1.29, 1.82) is 0 Å². The van der Waals surface area contributed by atoms with Crippen LogP contribution in [-0.4, -0.2) is 78.3 Å². The van der Waals surface area contributed by atoms with E-state index in [4.69, 9.17) is 30.6 Å². The van der Waals surface area contributed by atoms with Gasteiger partial charge in [-0.15, -0.1) is 0 Å². The van der Waals surface area contributed by atoms with Crippen LogP contribution in [0.15, 0.2) is 42.5 Å². The van der Waals surface area contributed by atoms with Crippen LogP contribution in [0.5, 0.6) is 0 Å². The molecule has 0 amide bonds. The maximum Gasteiger partial charge on any atom is 0.340 e. The van der Waals surface area contributed by atoms with Crippen molar-refractivity contribution in [3.8, 4) is 0 Å². The van der Waals surface area contributed by atoms with Gasteiger partial charge in [-0.2, -0.15) is 4.98 Å². The Morgan fingerprint density at radius 1 is 1.24 bits per heavy atom. The fraction of sp³-hybridized carbons (Fsp3) is 0.391. The minimum Gasteiger partial charge on any atom is -0.387 e. The summed E-state index contributed by atoms with van der Waals surface area (Å²) in [6.45, 7) is 5.73. The summed E-state index contributed by atoms with van der Waals surface area (Å²) in [4.78, 5) is 38.2. The highest BCUT2D eigenvalue weighted by atomic mass is 35.5. The monoisotopic (exact) mass is 587 g/mol. The largest absolute Gasteiger partial charge is 0.387 e. The van der Waals surface area contributed by atoms with Crippen molar-refractivity contribution in [2.24, 2.45) is 0 Å². The lowest BCUT2D eigenvalue weighted by molar-refractivity contribution is -0.00895. The Morgan fingerprint density at radius 3 is 2.66 bits per heavy atom. The molecule has 1 aromatic heterocycles. The third kappa shape index (κ3) is 6.60. The molecule has 0 bridgehead atoms. The summed E-state index contributed by atoms with van der Waals surface area (Å²) in [6.07, 6.45) is -1.14. The summed E-state index contributed by atoms with van der Waals surface area (Å²) in [6, 6.07) is 7.96. The third-order valence-electron chi connectivity index (χ3n) is 6.23. The van der Waals surface area contributed by atoms with E-state index in [1.165, 1.54) is 5.56 Å². The van der Waals surface area contributed by atoms with Crippen molar-refractivity contribution < 1.29 is 43.3 Å². The zero-order valence-electron chi connectivity index (χ0n) is 20.3. The number of aryl methyl sites for hydroxylation is 1. The molecule has 2 aliphatic rings. The van der Waals surface area contributed by atoms with Gasteiger partial charge in [0.05, 0.1) is 12.3 Å². The van der Waals surface area contributed by atoms with Crippen LogP contribution in [0.1, 0.15) is 16.8 Å². The first-order valence-electron chi connectivity index (χ1n) is 11.5. The molecule has 2 aliphatic heterocycles. The van der Waals surface area contributed by atoms with Crippen LogP contribution in [0, 0.1) is 6.92 Å². The molecule has 0 aliphatic carbocycles. The number of halogens is 1. The number of rotatable bonds is 9. The second-order valence-corrected chi connectivity index (χ2v) is 13.4. The number of para-hydroxylation sites is 1. The summed E-state index contributed by atoms with van der Waals surface area (Å²) in [5, 5.41) is 21.0. The number of anilines is 2. The SMILES string of the molecule is C=C(/C=C\c1c(C)nc(Cl)nc1N1CCc2ccccc21)[C@@H]1O[C@H](COP(=O)(O)CP(=O)(O)O)[C@@H](O)[C@H]1O. The van der Waals surface area contributed by atoms with Crippen LogP contribution in [0.2, 0.25) is 5.28 Å². The molecule has 38 heavy (non-hydrogen) atoms. The Kier molecular flexibility index (Phi) is 8.61. The zero-order chi connectivity index (χ0) is 27.8. The molecule has 2 aromatic rings. The van der Waals surface area contributed by atoms with E-state index < -0.39 is 52.1 Å². The number of aliphatic hydroxyl groups is 2. The second-order valence-electron chi connectivity index (χ2n) is 9.07.